The van der Waals surface area contributed by atoms with E-state index in [1.54, 1.807) is 4.68 Å². The van der Waals surface area contributed by atoms with Crippen LogP contribution in [0, 0.1) is 0 Å². The molecule has 78 valence electrons. The number of carbonyl (C=O) groups is 1. The summed E-state index contributed by atoms with van der Waals surface area (Å²) in [6, 6.07) is 7.65. The number of Topliss-reactive ketones (excluding diaryl/α,β-unsaturated/α-hetero) is 1. The number of nitrogens with zero attached hydrogens (tertiary/aromatic N) is 3. The standard InChI is InChI=1S/C11H13N3O/c1-2-5-9(15)8-14-11-7-4-3-6-10(11)12-13-14/h3-4,6-7H,2,5,8H2,1H3. The first-order valence-corrected chi connectivity index (χ1v) is 5.11. The van der Waals surface area contributed by atoms with Gasteiger partial charge >= 0.3 is 0 Å². The molecule has 1 aromatic heterocycles. The van der Waals surface area contributed by atoms with Crippen LogP contribution in [0.5, 0.6) is 0 Å². The van der Waals surface area contributed by atoms with E-state index < -0.39 is 0 Å². The Kier molecular flexibility index (Phi) is 2.76. The van der Waals surface area contributed by atoms with Crippen LogP contribution in [-0.4, -0.2) is 20.8 Å². The van der Waals surface area contributed by atoms with Crippen LogP contribution in [-0.2, 0) is 11.3 Å². The van der Waals surface area contributed by atoms with Gasteiger partial charge in [0.25, 0.3) is 0 Å². The number of hydrogen-bond donors (Lipinski definition) is 0. The van der Waals surface area contributed by atoms with Gasteiger partial charge in [-0.2, -0.15) is 0 Å². The van der Waals surface area contributed by atoms with Crippen molar-refractivity contribution in [3.8, 4) is 0 Å². The lowest BCUT2D eigenvalue weighted by Crippen LogP contribution is -2.10. The van der Waals surface area contributed by atoms with Crippen molar-refractivity contribution in [3.05, 3.63) is 24.3 Å². The molecule has 0 aliphatic carbocycles. The van der Waals surface area contributed by atoms with Crippen LogP contribution in [0.1, 0.15) is 19.8 Å². The minimum Gasteiger partial charge on any atom is -0.298 e. The van der Waals surface area contributed by atoms with E-state index in [4.69, 9.17) is 0 Å². The van der Waals surface area contributed by atoms with E-state index in [0.717, 1.165) is 17.5 Å². The van der Waals surface area contributed by atoms with Crippen molar-refractivity contribution in [2.75, 3.05) is 0 Å². The number of ketones is 1. The molecule has 0 N–H and O–H groups in total. The Morgan fingerprint density at radius 2 is 2.20 bits per heavy atom. The van der Waals surface area contributed by atoms with Crippen molar-refractivity contribution < 1.29 is 4.79 Å². The summed E-state index contributed by atoms with van der Waals surface area (Å²) in [5, 5.41) is 7.96. The van der Waals surface area contributed by atoms with Crippen LogP contribution in [0.2, 0.25) is 0 Å². The fourth-order valence-electron chi connectivity index (χ4n) is 1.56. The van der Waals surface area contributed by atoms with Crippen molar-refractivity contribution in [2.24, 2.45) is 0 Å². The highest BCUT2D eigenvalue weighted by Gasteiger charge is 2.07. The number of para-hydroxylation sites is 1. The summed E-state index contributed by atoms with van der Waals surface area (Å²) in [5.74, 6) is 0.202. The molecule has 0 aliphatic heterocycles. The van der Waals surface area contributed by atoms with Gasteiger partial charge in [0.05, 0.1) is 5.52 Å². The van der Waals surface area contributed by atoms with Crippen LogP contribution in [0.3, 0.4) is 0 Å². The Labute approximate surface area is 87.9 Å². The summed E-state index contributed by atoms with van der Waals surface area (Å²) in [6.45, 7) is 2.33. The normalized spacial score (nSPS) is 10.7. The molecule has 0 bridgehead atoms. The molecule has 0 fully saturated rings. The lowest BCUT2D eigenvalue weighted by Gasteiger charge is -1.99. The quantitative estimate of drug-likeness (QED) is 0.761. The number of aromatic nitrogens is 3. The largest absolute Gasteiger partial charge is 0.298 e. The van der Waals surface area contributed by atoms with Crippen molar-refractivity contribution in [1.29, 1.82) is 0 Å². The third-order valence-electron chi connectivity index (χ3n) is 2.28. The second kappa shape index (κ2) is 4.21. The maximum atomic E-state index is 11.5. The molecular weight excluding hydrogens is 190 g/mol. The zero-order chi connectivity index (χ0) is 10.7. The van der Waals surface area contributed by atoms with Gasteiger partial charge in [0.2, 0.25) is 0 Å². The summed E-state index contributed by atoms with van der Waals surface area (Å²) >= 11 is 0. The molecule has 1 aromatic carbocycles. The minimum atomic E-state index is 0.202. The first kappa shape index (κ1) is 9.83. The van der Waals surface area contributed by atoms with Crippen molar-refractivity contribution in [1.82, 2.24) is 15.0 Å². The first-order valence-electron chi connectivity index (χ1n) is 5.11. The van der Waals surface area contributed by atoms with Crippen LogP contribution < -0.4 is 0 Å². The first-order chi connectivity index (χ1) is 7.31. The highest BCUT2D eigenvalue weighted by atomic mass is 16.1. The van der Waals surface area contributed by atoms with Crippen molar-refractivity contribution in [2.45, 2.75) is 26.3 Å². The summed E-state index contributed by atoms with van der Waals surface area (Å²) in [6.07, 6.45) is 1.49. The molecular formula is C11H13N3O. The van der Waals surface area contributed by atoms with E-state index in [1.165, 1.54) is 0 Å². The molecule has 0 radical (unpaired) electrons. The SMILES string of the molecule is CCCC(=O)Cn1nnc2ccccc21. The van der Waals surface area contributed by atoms with Gasteiger partial charge in [0, 0.05) is 6.42 Å². The molecule has 0 aliphatic rings. The van der Waals surface area contributed by atoms with E-state index >= 15 is 0 Å². The van der Waals surface area contributed by atoms with Crippen LogP contribution >= 0.6 is 0 Å². The summed E-state index contributed by atoms with van der Waals surface area (Å²) in [5.41, 5.74) is 1.75. The molecule has 0 spiro atoms. The molecule has 0 saturated carbocycles. The molecule has 4 heteroatoms. The third-order valence-corrected chi connectivity index (χ3v) is 2.28. The molecule has 2 aromatic rings. The predicted octanol–water partition coefficient (Wildman–Crippen LogP) is 1.80. The average Bonchev–Trinajstić information content (AvgIpc) is 2.62. The third kappa shape index (κ3) is 2.03. The predicted molar refractivity (Wildman–Crippen MR) is 57.4 cm³/mol. The zero-order valence-electron chi connectivity index (χ0n) is 8.68. The van der Waals surface area contributed by atoms with Crippen LogP contribution in [0.25, 0.3) is 11.0 Å². The number of carbonyl (C=O) groups excluding carboxylic acids is 1. The minimum absolute atomic E-state index is 0.202. The molecule has 4 nitrogen and oxygen atoms in total. The number of fused-ring (bicyclic) bond motifs is 1. The topological polar surface area (TPSA) is 47.8 Å². The summed E-state index contributed by atoms with van der Waals surface area (Å²) < 4.78 is 1.66. The molecule has 15 heavy (non-hydrogen) atoms. The highest BCUT2D eigenvalue weighted by molar-refractivity contribution is 5.81. The maximum absolute atomic E-state index is 11.5. The second-order valence-corrected chi connectivity index (χ2v) is 3.52. The van der Waals surface area contributed by atoms with Gasteiger partial charge in [-0.15, -0.1) is 5.10 Å². The van der Waals surface area contributed by atoms with E-state index in [0.29, 0.717) is 13.0 Å². The van der Waals surface area contributed by atoms with Gasteiger partial charge in [-0.1, -0.05) is 24.3 Å². The Balaban J connectivity index is 2.25. The zero-order valence-corrected chi connectivity index (χ0v) is 8.68. The van der Waals surface area contributed by atoms with E-state index in [9.17, 15) is 4.79 Å². The fourth-order valence-corrected chi connectivity index (χ4v) is 1.56. The van der Waals surface area contributed by atoms with E-state index in [-0.39, 0.29) is 5.78 Å². The van der Waals surface area contributed by atoms with Gasteiger partial charge in [-0.3, -0.25) is 4.79 Å². The molecule has 1 heterocycles. The summed E-state index contributed by atoms with van der Waals surface area (Å²) in [4.78, 5) is 11.5. The Morgan fingerprint density at radius 1 is 1.40 bits per heavy atom. The number of hydrogen-bond acceptors (Lipinski definition) is 3. The van der Waals surface area contributed by atoms with Crippen molar-refractivity contribution >= 4 is 16.8 Å². The van der Waals surface area contributed by atoms with Gasteiger partial charge in [-0.25, -0.2) is 4.68 Å². The van der Waals surface area contributed by atoms with Gasteiger partial charge in [-0.05, 0) is 18.6 Å². The Hall–Kier alpha value is -1.71. The van der Waals surface area contributed by atoms with Gasteiger partial charge < -0.3 is 0 Å². The highest BCUT2D eigenvalue weighted by Crippen LogP contribution is 2.09. The molecule has 0 atom stereocenters. The Morgan fingerprint density at radius 3 is 3.00 bits per heavy atom. The smallest absolute Gasteiger partial charge is 0.154 e. The number of rotatable bonds is 4. The molecule has 0 unspecified atom stereocenters. The van der Waals surface area contributed by atoms with Crippen molar-refractivity contribution in [3.63, 3.8) is 0 Å². The van der Waals surface area contributed by atoms with Gasteiger partial charge in [0.15, 0.2) is 5.78 Å². The van der Waals surface area contributed by atoms with Crippen LogP contribution in [0.15, 0.2) is 24.3 Å². The maximum Gasteiger partial charge on any atom is 0.154 e. The molecule has 2 rings (SSSR count). The van der Waals surface area contributed by atoms with E-state index in [1.807, 2.05) is 31.2 Å². The fraction of sp³-hybridized carbons (Fsp3) is 0.364. The second-order valence-electron chi connectivity index (χ2n) is 3.52. The molecule has 0 saturated heterocycles. The lowest BCUT2D eigenvalue weighted by molar-refractivity contribution is -0.119. The monoisotopic (exact) mass is 203 g/mol. The Bertz CT molecular complexity index is 475. The van der Waals surface area contributed by atoms with Crippen LogP contribution in [0.4, 0.5) is 0 Å². The van der Waals surface area contributed by atoms with Gasteiger partial charge in [0.1, 0.15) is 12.1 Å². The molecule has 0 amide bonds. The van der Waals surface area contributed by atoms with E-state index in [2.05, 4.69) is 10.3 Å². The summed E-state index contributed by atoms with van der Waals surface area (Å²) in [7, 11) is 0. The average molecular weight is 203 g/mol. The lowest BCUT2D eigenvalue weighted by atomic mass is 10.2. The number of benzene rings is 1.